The minimum Gasteiger partial charge on any atom is -0.392 e. The molecular weight excluding hydrogens is 668 g/mol. The maximum atomic E-state index is 15.4. The third-order valence-electron chi connectivity index (χ3n) is 9.60. The van der Waals surface area contributed by atoms with E-state index in [1.807, 2.05) is 40.7 Å². The van der Waals surface area contributed by atoms with E-state index in [9.17, 15) is 14.7 Å². The molecule has 5 aromatic rings. The summed E-state index contributed by atoms with van der Waals surface area (Å²) in [6.45, 7) is 14.5. The molecule has 0 amide bonds. The van der Waals surface area contributed by atoms with Crippen LogP contribution in [0.5, 0.6) is 0 Å². The molecule has 2 aliphatic heterocycles. The number of fused-ring (bicyclic) bond motifs is 1. The van der Waals surface area contributed by atoms with Crippen molar-refractivity contribution < 1.29 is 18.6 Å². The molecule has 2 aromatic carbocycles. The number of benzene rings is 2. The third kappa shape index (κ3) is 7.21. The van der Waals surface area contributed by atoms with E-state index in [1.165, 1.54) is 29.1 Å². The van der Waals surface area contributed by atoms with E-state index < -0.39 is 23.8 Å². The quantitative estimate of drug-likeness (QED) is 0.225. The van der Waals surface area contributed by atoms with Crippen molar-refractivity contribution >= 4 is 28.0 Å². The maximum Gasteiger partial charge on any atom is 0.282 e. The summed E-state index contributed by atoms with van der Waals surface area (Å²) in [5.41, 5.74) is 1.09. The molecule has 274 valence electrons. The Labute approximate surface area is 301 Å². The van der Waals surface area contributed by atoms with E-state index in [0.717, 1.165) is 55.8 Å². The Kier molecular flexibility index (Phi) is 10.6. The molecule has 11 nitrogen and oxygen atoms in total. The number of aliphatic hydroxyl groups is 1. The van der Waals surface area contributed by atoms with Crippen LogP contribution in [0, 0.1) is 11.6 Å². The molecule has 0 atom stereocenters. The Bertz CT molecular complexity index is 2200. The zero-order valence-corrected chi connectivity index (χ0v) is 30.4. The fraction of sp³-hybridized carbons (Fsp3) is 0.385. The van der Waals surface area contributed by atoms with Crippen molar-refractivity contribution in [3.63, 3.8) is 0 Å². The van der Waals surface area contributed by atoms with E-state index in [1.54, 1.807) is 31.4 Å². The number of nitrogens with zero attached hydrogens (tertiary/aromatic N) is 6. The van der Waals surface area contributed by atoms with Crippen molar-refractivity contribution in [1.29, 1.82) is 0 Å². The molecular formula is C39H45F2N7O4. The Morgan fingerprint density at radius 1 is 0.962 bits per heavy atom. The summed E-state index contributed by atoms with van der Waals surface area (Å²) in [5, 5.41) is 18.0. The van der Waals surface area contributed by atoms with Gasteiger partial charge < -0.3 is 24.6 Å². The number of rotatable bonds is 7. The number of ether oxygens (including phenoxy) is 1. The second-order valence-electron chi connectivity index (χ2n) is 13.9. The number of hydrogen-bond donors (Lipinski definition) is 2. The van der Waals surface area contributed by atoms with Gasteiger partial charge in [-0.2, -0.15) is 9.78 Å². The van der Waals surface area contributed by atoms with E-state index in [-0.39, 0.29) is 38.9 Å². The number of nitrogens with one attached hydrogen (secondary N) is 1. The first-order valence-electron chi connectivity index (χ1n) is 17.6. The van der Waals surface area contributed by atoms with Gasteiger partial charge in [-0.1, -0.05) is 34.6 Å². The largest absolute Gasteiger partial charge is 0.392 e. The van der Waals surface area contributed by atoms with Crippen molar-refractivity contribution in [2.45, 2.75) is 52.7 Å². The van der Waals surface area contributed by atoms with Gasteiger partial charge in [-0.05, 0) is 52.9 Å². The summed E-state index contributed by atoms with van der Waals surface area (Å²) in [7, 11) is 1.56. The lowest BCUT2D eigenvalue weighted by atomic mass is 9.86. The van der Waals surface area contributed by atoms with Crippen LogP contribution < -0.4 is 21.3 Å². The molecule has 0 saturated carbocycles. The molecule has 5 heterocycles. The van der Waals surface area contributed by atoms with Crippen LogP contribution >= 0.6 is 0 Å². The molecule has 13 heteroatoms. The van der Waals surface area contributed by atoms with Crippen molar-refractivity contribution in [2.75, 3.05) is 49.6 Å². The van der Waals surface area contributed by atoms with Crippen LogP contribution in [-0.2, 0) is 23.8 Å². The van der Waals surface area contributed by atoms with E-state index in [4.69, 9.17) is 4.74 Å². The van der Waals surface area contributed by atoms with Crippen LogP contribution in [-0.4, -0.2) is 74.8 Å². The molecule has 0 unspecified atom stereocenters. The highest BCUT2D eigenvalue weighted by Crippen LogP contribution is 2.32. The summed E-state index contributed by atoms with van der Waals surface area (Å²) >= 11 is 0. The number of anilines is 3. The van der Waals surface area contributed by atoms with Gasteiger partial charge in [0.15, 0.2) is 0 Å². The minimum absolute atomic E-state index is 0.0452. The molecule has 2 saturated heterocycles. The SMILES string of the molecule is CC.Cn1cc(-c2cc(F)cc(-n3ncc4cc(C(C)(C)C)cc(F)c4c3=O)c2CO)cc(Nc2ccc(N3CCN(C4COC4)CC3)cn2)c1=O. The lowest BCUT2D eigenvalue weighted by Gasteiger charge is -2.43. The van der Waals surface area contributed by atoms with Crippen LogP contribution in [0.1, 0.15) is 45.7 Å². The summed E-state index contributed by atoms with van der Waals surface area (Å²) in [6, 6.07) is 11.1. The Balaban J connectivity index is 0.00000228. The smallest absolute Gasteiger partial charge is 0.282 e. The molecule has 2 aliphatic rings. The molecule has 0 spiro atoms. The lowest BCUT2D eigenvalue weighted by molar-refractivity contribution is -0.0660. The highest BCUT2D eigenvalue weighted by molar-refractivity contribution is 5.83. The lowest BCUT2D eigenvalue weighted by Crippen LogP contribution is -2.56. The number of hydrogen-bond acceptors (Lipinski definition) is 9. The summed E-state index contributed by atoms with van der Waals surface area (Å²) in [4.78, 5) is 36.2. The number of halogens is 2. The number of piperazine rings is 1. The average molecular weight is 714 g/mol. The van der Waals surface area contributed by atoms with Crippen molar-refractivity contribution in [1.82, 2.24) is 24.2 Å². The van der Waals surface area contributed by atoms with Gasteiger partial charge in [-0.3, -0.25) is 14.5 Å². The third-order valence-corrected chi connectivity index (χ3v) is 9.60. The highest BCUT2D eigenvalue weighted by atomic mass is 19.1. The Morgan fingerprint density at radius 3 is 2.31 bits per heavy atom. The number of aliphatic hydroxyl groups excluding tert-OH is 1. The topological polar surface area (TPSA) is 118 Å². The fourth-order valence-corrected chi connectivity index (χ4v) is 6.59. The predicted molar refractivity (Wildman–Crippen MR) is 200 cm³/mol. The number of aryl methyl sites for hydroxylation is 1. The van der Waals surface area contributed by atoms with Gasteiger partial charge in [0.25, 0.3) is 11.1 Å². The zero-order chi connectivity index (χ0) is 37.3. The summed E-state index contributed by atoms with van der Waals surface area (Å²) in [6.07, 6.45) is 4.64. The molecule has 7 rings (SSSR count). The van der Waals surface area contributed by atoms with Gasteiger partial charge >= 0.3 is 0 Å². The van der Waals surface area contributed by atoms with Crippen LogP contribution in [0.25, 0.3) is 27.6 Å². The van der Waals surface area contributed by atoms with Gasteiger partial charge in [-0.15, -0.1) is 0 Å². The van der Waals surface area contributed by atoms with E-state index >= 15 is 8.78 Å². The van der Waals surface area contributed by atoms with Gasteiger partial charge in [-0.25, -0.2) is 13.8 Å². The molecule has 0 bridgehead atoms. The van der Waals surface area contributed by atoms with Crippen molar-refractivity contribution in [3.05, 3.63) is 105 Å². The van der Waals surface area contributed by atoms with Crippen molar-refractivity contribution in [2.24, 2.45) is 7.05 Å². The normalized spacial score (nSPS) is 15.3. The first kappa shape index (κ1) is 36.8. The second kappa shape index (κ2) is 14.9. The number of aromatic nitrogens is 4. The molecule has 3 aromatic heterocycles. The molecule has 0 radical (unpaired) electrons. The first-order valence-corrected chi connectivity index (χ1v) is 17.6. The van der Waals surface area contributed by atoms with Crippen LogP contribution in [0.15, 0.2) is 70.6 Å². The van der Waals surface area contributed by atoms with Crippen molar-refractivity contribution in [3.8, 4) is 16.8 Å². The first-order chi connectivity index (χ1) is 24.9. The van der Waals surface area contributed by atoms with E-state index in [0.29, 0.717) is 28.4 Å². The summed E-state index contributed by atoms with van der Waals surface area (Å²) in [5.74, 6) is -0.987. The van der Waals surface area contributed by atoms with Gasteiger partial charge in [0.05, 0.1) is 55.0 Å². The predicted octanol–water partition coefficient (Wildman–Crippen LogP) is 5.51. The fourth-order valence-electron chi connectivity index (χ4n) is 6.59. The molecule has 2 N–H and O–H groups in total. The average Bonchev–Trinajstić information content (AvgIpc) is 3.10. The minimum atomic E-state index is -0.793. The Morgan fingerprint density at radius 2 is 1.69 bits per heavy atom. The van der Waals surface area contributed by atoms with Crippen LogP contribution in [0.4, 0.5) is 26.0 Å². The monoisotopic (exact) mass is 713 g/mol. The van der Waals surface area contributed by atoms with E-state index in [2.05, 4.69) is 25.2 Å². The van der Waals surface area contributed by atoms with Gasteiger partial charge in [0.2, 0.25) is 0 Å². The van der Waals surface area contributed by atoms with Crippen LogP contribution in [0.3, 0.4) is 0 Å². The Hall–Kier alpha value is -4.98. The number of pyridine rings is 2. The zero-order valence-electron chi connectivity index (χ0n) is 30.4. The molecule has 52 heavy (non-hydrogen) atoms. The van der Waals surface area contributed by atoms with Gasteiger partial charge in [0, 0.05) is 62.0 Å². The molecule has 0 aliphatic carbocycles. The maximum absolute atomic E-state index is 15.4. The highest BCUT2D eigenvalue weighted by Gasteiger charge is 2.29. The molecule has 2 fully saturated rings. The van der Waals surface area contributed by atoms with Crippen LogP contribution in [0.2, 0.25) is 0 Å². The standard InChI is InChI=1S/C37H39F2N7O4.C2H6/c1-37(2,3)24-11-22-16-41-46(36(49)34(22)30(39)13-24)32-15-25(38)14-28(29(32)19-47)23-12-31(35(48)43(4)18-23)42-33-6-5-26(17-40-33)44-7-9-45(10-8-44)27-20-50-21-27;1-2/h5-6,11-18,27,47H,7-10,19-21H2,1-4H3,(H,40,42);1-2H3. The summed E-state index contributed by atoms with van der Waals surface area (Å²) < 4.78 is 38.3. The second-order valence-corrected chi connectivity index (χ2v) is 13.9. The van der Waals surface area contributed by atoms with Gasteiger partial charge in [0.1, 0.15) is 23.1 Å².